The topological polar surface area (TPSA) is 84.9 Å². The van der Waals surface area contributed by atoms with Crippen molar-refractivity contribution in [2.24, 2.45) is 5.92 Å². The van der Waals surface area contributed by atoms with Crippen LogP contribution in [0.2, 0.25) is 0 Å². The van der Waals surface area contributed by atoms with Crippen molar-refractivity contribution in [2.75, 3.05) is 13.7 Å². The number of benzene rings is 2. The molecule has 0 aromatic heterocycles. The molecule has 0 bridgehead atoms. The number of rotatable bonds is 8. The Hall–Kier alpha value is -3.12. The van der Waals surface area contributed by atoms with Gasteiger partial charge in [0.2, 0.25) is 0 Å². The molecule has 32 heavy (non-hydrogen) atoms. The van der Waals surface area contributed by atoms with Crippen LogP contribution in [0.15, 0.2) is 60.2 Å². The van der Waals surface area contributed by atoms with Gasteiger partial charge in [-0.25, -0.2) is 9.59 Å². The zero-order chi connectivity index (χ0) is 23.3. The lowest BCUT2D eigenvalue weighted by molar-refractivity contribution is -0.136. The number of hydrogen-bond acceptors (Lipinski definition) is 5. The van der Waals surface area contributed by atoms with Gasteiger partial charge in [-0.3, -0.25) is 0 Å². The standard InChI is InChI=1S/C26H31NO5/c1-16(2)13-18(25(29)31-4)14-24(28)17(3)27-26(30)32-15-23-21-11-7-5-9-19(21)20-10-6-8-12-22(20)23/h5-12,14,16-17,23-24,28H,13,15H2,1-4H3,(H,27,30)/b18-14+/t17-,24-/m0/s1. The van der Waals surface area contributed by atoms with E-state index in [4.69, 9.17) is 9.47 Å². The number of amides is 1. The molecule has 2 aromatic carbocycles. The molecule has 6 heteroatoms. The Labute approximate surface area is 189 Å². The summed E-state index contributed by atoms with van der Waals surface area (Å²) >= 11 is 0. The van der Waals surface area contributed by atoms with Gasteiger partial charge in [-0.2, -0.15) is 0 Å². The summed E-state index contributed by atoms with van der Waals surface area (Å²) in [6.07, 6.45) is 0.250. The van der Waals surface area contributed by atoms with Gasteiger partial charge in [0.25, 0.3) is 0 Å². The SMILES string of the molecule is COC(=O)/C(=C/[C@H](O)[C@H](C)NC(=O)OCC1c2ccccc2-c2ccccc21)CC(C)C. The molecule has 0 spiro atoms. The van der Waals surface area contributed by atoms with Crippen molar-refractivity contribution in [1.82, 2.24) is 5.32 Å². The van der Waals surface area contributed by atoms with Crippen molar-refractivity contribution >= 4 is 12.1 Å². The van der Waals surface area contributed by atoms with Gasteiger partial charge in [0.15, 0.2) is 0 Å². The fourth-order valence-electron chi connectivity index (χ4n) is 4.05. The molecule has 0 aliphatic heterocycles. The van der Waals surface area contributed by atoms with Gasteiger partial charge in [-0.05, 0) is 47.6 Å². The third-order valence-corrected chi connectivity index (χ3v) is 5.65. The van der Waals surface area contributed by atoms with Crippen LogP contribution < -0.4 is 5.32 Å². The van der Waals surface area contributed by atoms with Gasteiger partial charge < -0.3 is 19.9 Å². The van der Waals surface area contributed by atoms with Crippen LogP contribution in [0.5, 0.6) is 0 Å². The predicted octanol–water partition coefficient (Wildman–Crippen LogP) is 4.42. The van der Waals surface area contributed by atoms with E-state index in [-0.39, 0.29) is 18.4 Å². The van der Waals surface area contributed by atoms with Crippen molar-refractivity contribution in [3.8, 4) is 11.1 Å². The number of fused-ring (bicyclic) bond motifs is 3. The summed E-state index contributed by atoms with van der Waals surface area (Å²) in [4.78, 5) is 24.4. The number of carbonyl (C=O) groups is 2. The van der Waals surface area contributed by atoms with E-state index in [2.05, 4.69) is 29.6 Å². The van der Waals surface area contributed by atoms with E-state index in [1.54, 1.807) is 6.92 Å². The van der Waals surface area contributed by atoms with Gasteiger partial charge in [-0.1, -0.05) is 62.4 Å². The molecule has 1 aliphatic rings. The Bertz CT molecular complexity index is 952. The molecule has 2 aromatic rings. The van der Waals surface area contributed by atoms with E-state index in [9.17, 15) is 14.7 Å². The third-order valence-electron chi connectivity index (χ3n) is 5.65. The Kier molecular flexibility index (Phi) is 7.70. The van der Waals surface area contributed by atoms with Crippen LogP contribution in [-0.2, 0) is 14.3 Å². The third kappa shape index (κ3) is 5.37. The quantitative estimate of drug-likeness (QED) is 0.472. The largest absolute Gasteiger partial charge is 0.466 e. The summed E-state index contributed by atoms with van der Waals surface area (Å²) in [6.45, 7) is 5.80. The van der Waals surface area contributed by atoms with E-state index in [0.717, 1.165) is 22.3 Å². The maximum atomic E-state index is 12.4. The molecule has 0 unspecified atom stereocenters. The summed E-state index contributed by atoms with van der Waals surface area (Å²) in [7, 11) is 1.31. The fourth-order valence-corrected chi connectivity index (χ4v) is 4.05. The van der Waals surface area contributed by atoms with Crippen molar-refractivity contribution in [3.05, 3.63) is 71.3 Å². The monoisotopic (exact) mass is 437 g/mol. The first kappa shape index (κ1) is 23.5. The molecule has 2 N–H and O–H groups in total. The number of esters is 1. The summed E-state index contributed by atoms with van der Waals surface area (Å²) < 4.78 is 10.3. The number of methoxy groups -OCH3 is 1. The molecule has 2 atom stereocenters. The van der Waals surface area contributed by atoms with Gasteiger partial charge in [0.1, 0.15) is 6.61 Å². The molecule has 6 nitrogen and oxygen atoms in total. The minimum Gasteiger partial charge on any atom is -0.466 e. The summed E-state index contributed by atoms with van der Waals surface area (Å²) in [6, 6.07) is 15.6. The number of carbonyl (C=O) groups excluding carboxylic acids is 2. The summed E-state index contributed by atoms with van der Waals surface area (Å²) in [5.41, 5.74) is 4.97. The molecule has 0 saturated carbocycles. The lowest BCUT2D eigenvalue weighted by atomic mass is 9.98. The molecule has 3 rings (SSSR count). The minimum absolute atomic E-state index is 0.0368. The molecule has 0 fully saturated rings. The van der Waals surface area contributed by atoms with E-state index >= 15 is 0 Å². The lowest BCUT2D eigenvalue weighted by Gasteiger charge is -2.20. The van der Waals surface area contributed by atoms with E-state index in [1.807, 2.05) is 38.1 Å². The molecule has 0 radical (unpaired) electrons. The minimum atomic E-state index is -1.05. The van der Waals surface area contributed by atoms with Crippen LogP contribution in [0.4, 0.5) is 4.79 Å². The van der Waals surface area contributed by atoms with Crippen LogP contribution in [0, 0.1) is 5.92 Å². The first-order valence-corrected chi connectivity index (χ1v) is 10.9. The van der Waals surface area contributed by atoms with Crippen molar-refractivity contribution in [1.29, 1.82) is 0 Å². The number of aliphatic hydroxyl groups excluding tert-OH is 1. The number of ether oxygens (including phenoxy) is 2. The Morgan fingerprint density at radius 2 is 1.59 bits per heavy atom. The summed E-state index contributed by atoms with van der Waals surface area (Å²) in [5.74, 6) is -0.297. The van der Waals surface area contributed by atoms with Crippen molar-refractivity contribution < 1.29 is 24.2 Å². The van der Waals surface area contributed by atoms with Crippen LogP contribution in [0.25, 0.3) is 11.1 Å². The van der Waals surface area contributed by atoms with Crippen LogP contribution in [0.3, 0.4) is 0 Å². The lowest BCUT2D eigenvalue weighted by Crippen LogP contribution is -2.41. The van der Waals surface area contributed by atoms with Crippen molar-refractivity contribution in [2.45, 2.75) is 45.3 Å². The van der Waals surface area contributed by atoms with Gasteiger partial charge in [0, 0.05) is 11.5 Å². The number of hydrogen-bond donors (Lipinski definition) is 2. The average molecular weight is 438 g/mol. The highest BCUT2D eigenvalue weighted by molar-refractivity contribution is 5.88. The number of nitrogens with one attached hydrogen (secondary N) is 1. The zero-order valence-electron chi connectivity index (χ0n) is 19.0. The first-order valence-electron chi connectivity index (χ1n) is 10.9. The Morgan fingerprint density at radius 1 is 1.03 bits per heavy atom. The van der Waals surface area contributed by atoms with Crippen LogP contribution >= 0.6 is 0 Å². The zero-order valence-corrected chi connectivity index (χ0v) is 19.0. The van der Waals surface area contributed by atoms with E-state index in [1.165, 1.54) is 13.2 Å². The normalized spacial score (nSPS) is 15.0. The average Bonchev–Trinajstić information content (AvgIpc) is 3.10. The maximum Gasteiger partial charge on any atom is 0.407 e. The Morgan fingerprint density at radius 3 is 2.12 bits per heavy atom. The van der Waals surface area contributed by atoms with Gasteiger partial charge in [0.05, 0.1) is 19.3 Å². The molecule has 1 aliphatic carbocycles. The first-order chi connectivity index (χ1) is 15.3. The highest BCUT2D eigenvalue weighted by atomic mass is 16.5. The molecular formula is C26H31NO5. The second-order valence-electron chi connectivity index (χ2n) is 8.53. The van der Waals surface area contributed by atoms with Crippen LogP contribution in [-0.4, -0.2) is 43.0 Å². The Balaban J connectivity index is 1.62. The van der Waals surface area contributed by atoms with E-state index < -0.39 is 24.2 Å². The number of aliphatic hydroxyl groups is 1. The fraction of sp³-hybridized carbons (Fsp3) is 0.385. The maximum absolute atomic E-state index is 12.4. The molecule has 1 amide bonds. The second-order valence-corrected chi connectivity index (χ2v) is 8.53. The van der Waals surface area contributed by atoms with Crippen molar-refractivity contribution in [3.63, 3.8) is 0 Å². The predicted molar refractivity (Wildman–Crippen MR) is 123 cm³/mol. The smallest absolute Gasteiger partial charge is 0.407 e. The molecule has 0 heterocycles. The molecular weight excluding hydrogens is 406 g/mol. The summed E-state index contributed by atoms with van der Waals surface area (Å²) in [5, 5.41) is 13.1. The van der Waals surface area contributed by atoms with Gasteiger partial charge in [-0.15, -0.1) is 0 Å². The number of alkyl carbamates (subject to hydrolysis) is 1. The second kappa shape index (κ2) is 10.5. The highest BCUT2D eigenvalue weighted by Gasteiger charge is 2.29. The van der Waals surface area contributed by atoms with Crippen LogP contribution in [0.1, 0.15) is 44.2 Å². The van der Waals surface area contributed by atoms with Gasteiger partial charge >= 0.3 is 12.1 Å². The van der Waals surface area contributed by atoms with E-state index in [0.29, 0.717) is 12.0 Å². The molecule has 170 valence electrons. The molecule has 0 saturated heterocycles. The highest BCUT2D eigenvalue weighted by Crippen LogP contribution is 2.44.